The van der Waals surface area contributed by atoms with Gasteiger partial charge >= 0.3 is 0 Å². The van der Waals surface area contributed by atoms with E-state index in [0.29, 0.717) is 12.4 Å². The second-order valence-electron chi connectivity index (χ2n) is 4.33. The van der Waals surface area contributed by atoms with Crippen molar-refractivity contribution in [1.29, 1.82) is 0 Å². The molecule has 1 heterocycles. The number of aromatic nitrogens is 1. The summed E-state index contributed by atoms with van der Waals surface area (Å²) >= 11 is 0. The Kier molecular flexibility index (Phi) is 4.71. The predicted molar refractivity (Wildman–Crippen MR) is 77.9 cm³/mol. The number of ether oxygens (including phenoxy) is 1. The molecular weight excluding hydrogens is 273 g/mol. The van der Waals surface area contributed by atoms with Crippen LogP contribution in [0.1, 0.15) is 15.9 Å². The smallest absolute Gasteiger partial charge is 0.255 e. The summed E-state index contributed by atoms with van der Waals surface area (Å²) in [5.74, 6) is 0.145. The number of halogens is 1. The summed E-state index contributed by atoms with van der Waals surface area (Å²) in [7, 11) is 3.22. The van der Waals surface area contributed by atoms with Crippen LogP contribution in [0.3, 0.4) is 0 Å². The van der Waals surface area contributed by atoms with Crippen molar-refractivity contribution >= 4 is 11.7 Å². The Morgan fingerprint density at radius 2 is 2.05 bits per heavy atom. The van der Waals surface area contributed by atoms with E-state index in [-0.39, 0.29) is 11.5 Å². The van der Waals surface area contributed by atoms with E-state index in [9.17, 15) is 9.18 Å². The van der Waals surface area contributed by atoms with Crippen molar-refractivity contribution in [3.05, 3.63) is 53.5 Å². The van der Waals surface area contributed by atoms with Gasteiger partial charge in [0, 0.05) is 13.6 Å². The molecule has 0 aliphatic carbocycles. The highest BCUT2D eigenvalue weighted by Crippen LogP contribution is 2.14. The number of benzene rings is 1. The molecule has 0 atom stereocenters. The summed E-state index contributed by atoms with van der Waals surface area (Å²) < 4.78 is 18.3. The number of nitrogens with zero attached hydrogens (tertiary/aromatic N) is 1. The van der Waals surface area contributed by atoms with Crippen molar-refractivity contribution < 1.29 is 13.9 Å². The zero-order valence-corrected chi connectivity index (χ0v) is 11.8. The Morgan fingerprint density at radius 1 is 1.33 bits per heavy atom. The fraction of sp³-hybridized carbons (Fsp3) is 0.200. The molecule has 0 radical (unpaired) electrons. The molecule has 2 aromatic rings. The number of pyridine rings is 1. The molecule has 0 saturated heterocycles. The molecule has 6 heteroatoms. The van der Waals surface area contributed by atoms with Gasteiger partial charge in [-0.1, -0.05) is 12.1 Å². The van der Waals surface area contributed by atoms with Crippen molar-refractivity contribution in [2.24, 2.45) is 0 Å². The minimum absolute atomic E-state index is 0.172. The van der Waals surface area contributed by atoms with Crippen LogP contribution in [-0.2, 0) is 6.54 Å². The number of hydrogen-bond donors (Lipinski definition) is 2. The van der Waals surface area contributed by atoms with Crippen LogP contribution in [0.5, 0.6) is 5.75 Å². The Hall–Kier alpha value is -2.63. The van der Waals surface area contributed by atoms with E-state index < -0.39 is 5.82 Å². The van der Waals surface area contributed by atoms with Crippen LogP contribution in [-0.4, -0.2) is 25.0 Å². The topological polar surface area (TPSA) is 63.2 Å². The van der Waals surface area contributed by atoms with Gasteiger partial charge in [0.05, 0.1) is 18.9 Å². The van der Waals surface area contributed by atoms with E-state index in [1.807, 2.05) is 24.3 Å². The van der Waals surface area contributed by atoms with E-state index in [1.165, 1.54) is 0 Å². The summed E-state index contributed by atoms with van der Waals surface area (Å²) in [5, 5.41) is 5.49. The van der Waals surface area contributed by atoms with Crippen LogP contribution in [0.15, 0.2) is 36.5 Å². The van der Waals surface area contributed by atoms with Gasteiger partial charge in [0.1, 0.15) is 17.4 Å². The molecule has 110 valence electrons. The maximum absolute atomic E-state index is 13.2. The lowest BCUT2D eigenvalue weighted by atomic mass is 10.2. The molecule has 0 fully saturated rings. The van der Waals surface area contributed by atoms with Gasteiger partial charge in [0.2, 0.25) is 0 Å². The number of anilines is 1. The van der Waals surface area contributed by atoms with Crippen molar-refractivity contribution in [2.75, 3.05) is 19.5 Å². The summed E-state index contributed by atoms with van der Waals surface area (Å²) in [4.78, 5) is 15.9. The first-order chi connectivity index (χ1) is 10.1. The molecule has 0 unspecified atom stereocenters. The molecule has 2 N–H and O–H groups in total. The predicted octanol–water partition coefficient (Wildman–Crippen LogP) is 2.20. The molecule has 0 aliphatic rings. The molecule has 21 heavy (non-hydrogen) atoms. The van der Waals surface area contributed by atoms with Crippen LogP contribution in [0.2, 0.25) is 0 Å². The highest BCUT2D eigenvalue weighted by atomic mass is 19.1. The zero-order valence-electron chi connectivity index (χ0n) is 11.8. The first kappa shape index (κ1) is 14.8. The fourth-order valence-corrected chi connectivity index (χ4v) is 1.83. The van der Waals surface area contributed by atoms with Gasteiger partial charge in [-0.2, -0.15) is 0 Å². The third-order valence-electron chi connectivity index (χ3n) is 2.95. The van der Waals surface area contributed by atoms with E-state index in [0.717, 1.165) is 23.6 Å². The van der Waals surface area contributed by atoms with Crippen LogP contribution >= 0.6 is 0 Å². The minimum atomic E-state index is -0.552. The average molecular weight is 289 g/mol. The van der Waals surface area contributed by atoms with Gasteiger partial charge in [-0.25, -0.2) is 9.37 Å². The Labute approximate surface area is 122 Å². The zero-order chi connectivity index (χ0) is 15.2. The third kappa shape index (κ3) is 3.68. The molecule has 0 aliphatic heterocycles. The average Bonchev–Trinajstić information content (AvgIpc) is 2.53. The lowest BCUT2D eigenvalue weighted by molar-refractivity contribution is 0.0951. The molecule has 1 aromatic heterocycles. The number of hydrogen-bond acceptors (Lipinski definition) is 4. The van der Waals surface area contributed by atoms with Crippen molar-refractivity contribution in [3.8, 4) is 5.75 Å². The molecular formula is C15H16FN3O2. The van der Waals surface area contributed by atoms with Gasteiger partial charge in [-0.3, -0.25) is 4.79 Å². The maximum atomic E-state index is 13.2. The van der Waals surface area contributed by atoms with Gasteiger partial charge < -0.3 is 15.4 Å². The van der Waals surface area contributed by atoms with Crippen molar-refractivity contribution in [2.45, 2.75) is 6.54 Å². The Balaban J connectivity index is 2.05. The van der Waals surface area contributed by atoms with Crippen molar-refractivity contribution in [3.63, 3.8) is 0 Å². The molecule has 0 spiro atoms. The molecule has 0 bridgehead atoms. The summed E-state index contributed by atoms with van der Waals surface area (Å²) in [5.41, 5.74) is 1.09. The van der Waals surface area contributed by atoms with E-state index in [2.05, 4.69) is 15.6 Å². The maximum Gasteiger partial charge on any atom is 0.255 e. The van der Waals surface area contributed by atoms with Crippen LogP contribution in [0.4, 0.5) is 10.2 Å². The number of amides is 1. The second kappa shape index (κ2) is 6.69. The van der Waals surface area contributed by atoms with Gasteiger partial charge in [0.25, 0.3) is 5.91 Å². The number of rotatable bonds is 5. The van der Waals surface area contributed by atoms with Gasteiger partial charge in [-0.15, -0.1) is 0 Å². The number of nitrogens with one attached hydrogen (secondary N) is 2. The first-order valence-electron chi connectivity index (χ1n) is 6.38. The second-order valence-corrected chi connectivity index (χ2v) is 4.33. The van der Waals surface area contributed by atoms with Gasteiger partial charge in [0.15, 0.2) is 0 Å². The quantitative estimate of drug-likeness (QED) is 0.885. The van der Waals surface area contributed by atoms with E-state index in [1.54, 1.807) is 14.2 Å². The molecule has 5 nitrogen and oxygen atoms in total. The summed E-state index contributed by atoms with van der Waals surface area (Å²) in [6.07, 6.45) is 1.06. The third-order valence-corrected chi connectivity index (χ3v) is 2.95. The molecule has 1 aromatic carbocycles. The van der Waals surface area contributed by atoms with Crippen LogP contribution < -0.4 is 15.4 Å². The highest BCUT2D eigenvalue weighted by molar-refractivity contribution is 5.98. The lowest BCUT2D eigenvalue weighted by Gasteiger charge is -2.09. The largest absolute Gasteiger partial charge is 0.497 e. The monoisotopic (exact) mass is 289 g/mol. The van der Waals surface area contributed by atoms with Crippen LogP contribution in [0, 0.1) is 5.82 Å². The van der Waals surface area contributed by atoms with E-state index in [4.69, 9.17) is 4.74 Å². The molecule has 1 amide bonds. The first-order valence-corrected chi connectivity index (χ1v) is 6.38. The van der Waals surface area contributed by atoms with Gasteiger partial charge in [-0.05, 0) is 23.8 Å². The molecule has 0 saturated carbocycles. The van der Waals surface area contributed by atoms with Crippen molar-refractivity contribution in [1.82, 2.24) is 10.3 Å². The Bertz CT molecular complexity index is 629. The minimum Gasteiger partial charge on any atom is -0.497 e. The lowest BCUT2D eigenvalue weighted by Crippen LogP contribution is -2.24. The fourth-order valence-electron chi connectivity index (χ4n) is 1.83. The number of carbonyl (C=O) groups excluding carboxylic acids is 1. The summed E-state index contributed by atoms with van der Waals surface area (Å²) in [6, 6.07) is 8.47. The Morgan fingerprint density at radius 3 is 2.67 bits per heavy atom. The highest BCUT2D eigenvalue weighted by Gasteiger charge is 2.13. The molecule has 2 rings (SSSR count). The number of carbonyl (C=O) groups is 1. The standard InChI is InChI=1S/C15H16FN3O2/c1-17-14-13(7-11(16)9-18-14)15(20)19-8-10-3-5-12(21-2)6-4-10/h3-7,9H,8H2,1-2H3,(H,17,18)(H,19,20). The number of methoxy groups -OCH3 is 1. The SMILES string of the molecule is CNc1ncc(F)cc1C(=O)NCc1ccc(OC)cc1. The van der Waals surface area contributed by atoms with Crippen LogP contribution in [0.25, 0.3) is 0 Å². The normalized spacial score (nSPS) is 10.0. The van der Waals surface area contributed by atoms with E-state index >= 15 is 0 Å². The summed E-state index contributed by atoms with van der Waals surface area (Å²) in [6.45, 7) is 0.336.